The predicted molar refractivity (Wildman–Crippen MR) is 133 cm³/mol. The molecular weight excluding hydrogens is 496 g/mol. The molecule has 4 rings (SSSR count). The first-order valence-electron chi connectivity index (χ1n) is 12.2. The number of pyridine rings is 1. The number of rotatable bonds is 8. The Labute approximate surface area is 214 Å². The van der Waals surface area contributed by atoms with Crippen LogP contribution in [0.1, 0.15) is 43.4 Å². The SMILES string of the molecule is Cc1cc(C(F)(F)F)cc(N2[C@@H]3CC[C@@H](C3)[C@H]2C(=O)N(CCCCN(C)C)c2ccc(F)c(Cl)c2)n1. The molecule has 3 atom stereocenters. The van der Waals surface area contributed by atoms with Gasteiger partial charge in [-0.05, 0) is 95.9 Å². The van der Waals surface area contributed by atoms with E-state index in [2.05, 4.69) is 9.88 Å². The van der Waals surface area contributed by atoms with Crippen LogP contribution in [0.25, 0.3) is 0 Å². The van der Waals surface area contributed by atoms with E-state index < -0.39 is 23.6 Å². The molecule has 1 aliphatic carbocycles. The van der Waals surface area contributed by atoms with Crippen LogP contribution in [0.3, 0.4) is 0 Å². The monoisotopic (exact) mass is 526 g/mol. The zero-order chi connectivity index (χ0) is 26.2. The molecule has 2 aromatic rings. The number of aromatic nitrogens is 1. The maximum Gasteiger partial charge on any atom is 0.416 e. The summed E-state index contributed by atoms with van der Waals surface area (Å²) < 4.78 is 54.6. The van der Waals surface area contributed by atoms with Crippen molar-refractivity contribution < 1.29 is 22.4 Å². The van der Waals surface area contributed by atoms with E-state index in [4.69, 9.17) is 11.6 Å². The Kier molecular flexibility index (Phi) is 7.80. The van der Waals surface area contributed by atoms with E-state index in [1.165, 1.54) is 25.1 Å². The van der Waals surface area contributed by atoms with Crippen molar-refractivity contribution >= 4 is 29.0 Å². The van der Waals surface area contributed by atoms with Crippen LogP contribution in [0.15, 0.2) is 30.3 Å². The molecule has 0 N–H and O–H groups in total. The van der Waals surface area contributed by atoms with Gasteiger partial charge in [-0.25, -0.2) is 9.37 Å². The Morgan fingerprint density at radius 3 is 2.53 bits per heavy atom. The number of amides is 1. The van der Waals surface area contributed by atoms with Crippen LogP contribution in [0.5, 0.6) is 0 Å². The molecule has 2 fully saturated rings. The predicted octanol–water partition coefficient (Wildman–Crippen LogP) is 5.93. The van der Waals surface area contributed by atoms with Gasteiger partial charge in [0.15, 0.2) is 0 Å². The summed E-state index contributed by atoms with van der Waals surface area (Å²) in [6.07, 6.45) is -0.595. The highest BCUT2D eigenvalue weighted by atomic mass is 35.5. The Morgan fingerprint density at radius 1 is 1.14 bits per heavy atom. The molecule has 0 radical (unpaired) electrons. The van der Waals surface area contributed by atoms with Crippen LogP contribution in [-0.4, -0.2) is 55.1 Å². The molecule has 1 saturated heterocycles. The Bertz CT molecular complexity index is 1110. The van der Waals surface area contributed by atoms with E-state index in [-0.39, 0.29) is 34.4 Å². The van der Waals surface area contributed by atoms with E-state index in [0.717, 1.165) is 44.4 Å². The second-order valence-corrected chi connectivity index (χ2v) is 10.4. The molecule has 5 nitrogen and oxygen atoms in total. The Balaban J connectivity index is 1.68. The van der Waals surface area contributed by atoms with Crippen LogP contribution in [-0.2, 0) is 11.0 Å². The standard InChI is InChI=1S/C26H31ClF4N4O/c1-16-12-18(26(29,30)31)14-23(32-16)35-20-7-6-17(13-20)24(35)25(36)34(11-5-4-10-33(2)3)19-8-9-22(28)21(27)15-19/h8-9,12,14-15,17,20,24H,4-7,10-11,13H2,1-3H3/t17-,20+,24-/m0/s1. The maximum absolute atomic E-state index is 14.1. The number of unbranched alkanes of at least 4 members (excludes halogenated alkanes) is 1. The van der Waals surface area contributed by atoms with Crippen molar-refractivity contribution in [3.63, 3.8) is 0 Å². The summed E-state index contributed by atoms with van der Waals surface area (Å²) in [6.45, 7) is 2.77. The normalized spacial score (nSPS) is 21.5. The quantitative estimate of drug-likeness (QED) is 0.315. The minimum Gasteiger partial charge on any atom is -0.341 e. The second kappa shape index (κ2) is 10.5. The Morgan fingerprint density at radius 2 is 1.86 bits per heavy atom. The first kappa shape index (κ1) is 26.7. The van der Waals surface area contributed by atoms with E-state index in [9.17, 15) is 22.4 Å². The molecule has 0 unspecified atom stereocenters. The van der Waals surface area contributed by atoms with Crippen molar-refractivity contribution in [2.75, 3.05) is 37.0 Å². The summed E-state index contributed by atoms with van der Waals surface area (Å²) >= 11 is 6.04. The van der Waals surface area contributed by atoms with Gasteiger partial charge < -0.3 is 14.7 Å². The van der Waals surface area contributed by atoms with Crippen LogP contribution in [0.4, 0.5) is 29.1 Å². The van der Waals surface area contributed by atoms with Gasteiger partial charge in [0.25, 0.3) is 0 Å². The maximum atomic E-state index is 14.1. The van der Waals surface area contributed by atoms with Gasteiger partial charge in [-0.3, -0.25) is 4.79 Å². The fraction of sp³-hybridized carbons (Fsp3) is 0.538. The van der Waals surface area contributed by atoms with Crippen molar-refractivity contribution in [1.82, 2.24) is 9.88 Å². The number of carbonyl (C=O) groups excluding carboxylic acids is 1. The summed E-state index contributed by atoms with van der Waals surface area (Å²) in [7, 11) is 3.94. The van der Waals surface area contributed by atoms with Gasteiger partial charge >= 0.3 is 6.18 Å². The van der Waals surface area contributed by atoms with Gasteiger partial charge in [0.2, 0.25) is 5.91 Å². The number of hydrogen-bond donors (Lipinski definition) is 0. The molecule has 0 spiro atoms. The summed E-state index contributed by atoms with van der Waals surface area (Å²) in [5.74, 6) is -0.603. The first-order valence-corrected chi connectivity index (χ1v) is 12.6. The summed E-state index contributed by atoms with van der Waals surface area (Å²) in [5, 5.41) is -0.0847. The lowest BCUT2D eigenvalue weighted by Gasteiger charge is -2.38. The summed E-state index contributed by atoms with van der Waals surface area (Å²) in [5.41, 5.74) is -0.0448. The number of halogens is 5. The molecule has 196 valence electrons. The third-order valence-electron chi connectivity index (χ3n) is 7.09. The molecule has 2 heterocycles. The van der Waals surface area contributed by atoms with Crippen molar-refractivity contribution in [3.05, 3.63) is 52.4 Å². The van der Waals surface area contributed by atoms with E-state index >= 15 is 0 Å². The minimum absolute atomic E-state index is 0.0133. The van der Waals surface area contributed by atoms with Gasteiger partial charge in [-0.2, -0.15) is 13.2 Å². The molecule has 36 heavy (non-hydrogen) atoms. The highest BCUT2D eigenvalue weighted by Crippen LogP contribution is 2.46. The van der Waals surface area contributed by atoms with Crippen molar-refractivity contribution in [1.29, 1.82) is 0 Å². The zero-order valence-corrected chi connectivity index (χ0v) is 21.4. The highest BCUT2D eigenvalue weighted by Gasteiger charge is 2.51. The molecule has 1 saturated carbocycles. The molecule has 1 aromatic carbocycles. The van der Waals surface area contributed by atoms with Crippen LogP contribution < -0.4 is 9.80 Å². The molecule has 1 aromatic heterocycles. The largest absolute Gasteiger partial charge is 0.416 e. The Hall–Kier alpha value is -2.39. The molecule has 2 aliphatic rings. The number of hydrogen-bond acceptors (Lipinski definition) is 4. The van der Waals surface area contributed by atoms with Crippen molar-refractivity contribution in [3.8, 4) is 0 Å². The highest BCUT2D eigenvalue weighted by molar-refractivity contribution is 6.31. The number of piperidine rings is 1. The number of nitrogens with zero attached hydrogens (tertiary/aromatic N) is 4. The minimum atomic E-state index is -4.51. The topological polar surface area (TPSA) is 39.7 Å². The van der Waals surface area contributed by atoms with Gasteiger partial charge in [-0.15, -0.1) is 0 Å². The number of fused-ring (bicyclic) bond motifs is 2. The average Bonchev–Trinajstić information content (AvgIpc) is 3.41. The number of anilines is 2. The van der Waals surface area contributed by atoms with Crippen LogP contribution >= 0.6 is 11.6 Å². The molecule has 1 aliphatic heterocycles. The summed E-state index contributed by atoms with van der Waals surface area (Å²) in [6, 6.07) is 5.56. The van der Waals surface area contributed by atoms with Gasteiger partial charge in [0, 0.05) is 24.0 Å². The fourth-order valence-corrected chi connectivity index (χ4v) is 5.63. The van der Waals surface area contributed by atoms with Crippen LogP contribution in [0.2, 0.25) is 5.02 Å². The average molecular weight is 527 g/mol. The number of carbonyl (C=O) groups is 1. The molecule has 10 heteroatoms. The van der Waals surface area contributed by atoms with Gasteiger partial charge in [-0.1, -0.05) is 11.6 Å². The molecule has 1 amide bonds. The lowest BCUT2D eigenvalue weighted by atomic mass is 9.96. The first-order chi connectivity index (χ1) is 17.0. The van der Waals surface area contributed by atoms with Gasteiger partial charge in [0.1, 0.15) is 17.7 Å². The third kappa shape index (κ3) is 5.62. The van der Waals surface area contributed by atoms with E-state index in [1.807, 2.05) is 14.1 Å². The smallest absolute Gasteiger partial charge is 0.341 e. The summed E-state index contributed by atoms with van der Waals surface area (Å²) in [4.78, 5) is 24.0. The lowest BCUT2D eigenvalue weighted by Crippen LogP contribution is -2.52. The van der Waals surface area contributed by atoms with Crippen molar-refractivity contribution in [2.24, 2.45) is 5.92 Å². The number of alkyl halides is 3. The third-order valence-corrected chi connectivity index (χ3v) is 7.38. The zero-order valence-electron chi connectivity index (χ0n) is 20.7. The number of aryl methyl sites for hydroxylation is 1. The van der Waals surface area contributed by atoms with E-state index in [1.54, 1.807) is 9.80 Å². The van der Waals surface area contributed by atoms with Crippen LogP contribution in [0, 0.1) is 18.7 Å². The van der Waals surface area contributed by atoms with Crippen molar-refractivity contribution in [2.45, 2.75) is 57.3 Å². The molecular formula is C26H31ClF4N4O. The number of benzene rings is 1. The second-order valence-electron chi connectivity index (χ2n) is 10.0. The van der Waals surface area contributed by atoms with E-state index in [0.29, 0.717) is 18.7 Å². The van der Waals surface area contributed by atoms with Gasteiger partial charge in [0.05, 0.1) is 10.6 Å². The lowest BCUT2D eigenvalue weighted by molar-refractivity contribution is -0.137. The molecule has 2 bridgehead atoms. The fourth-order valence-electron chi connectivity index (χ4n) is 5.46.